The minimum Gasteiger partial charge on any atom is -0.343 e. The molecule has 3 aromatic carbocycles. The molecule has 0 radical (unpaired) electrons. The van der Waals surface area contributed by atoms with Crippen molar-refractivity contribution in [2.24, 2.45) is 13.0 Å². The average Bonchev–Trinajstić information content (AvgIpc) is 3.24. The lowest BCUT2D eigenvalue weighted by molar-refractivity contribution is 0.0742. The third-order valence-corrected chi connectivity index (χ3v) is 7.16. The molecule has 0 saturated carbocycles. The van der Waals surface area contributed by atoms with Crippen molar-refractivity contribution in [2.75, 3.05) is 6.54 Å². The maximum atomic E-state index is 13.6. The summed E-state index contributed by atoms with van der Waals surface area (Å²) in [6, 6.07) is 21.8. The van der Waals surface area contributed by atoms with Gasteiger partial charge in [0.2, 0.25) is 0 Å². The molecule has 1 aliphatic rings. The van der Waals surface area contributed by atoms with Crippen molar-refractivity contribution >= 4 is 40.0 Å². The average molecular weight is 477 g/mol. The van der Waals surface area contributed by atoms with Crippen LogP contribution in [0, 0.1) is 5.92 Å². The van der Waals surface area contributed by atoms with Crippen molar-refractivity contribution in [3.8, 4) is 11.3 Å². The molecule has 0 bridgehead atoms. The van der Waals surface area contributed by atoms with Crippen LogP contribution in [0.25, 0.3) is 22.2 Å². The lowest BCUT2D eigenvalue weighted by Crippen LogP contribution is -2.30. The second-order valence-electron chi connectivity index (χ2n) is 9.13. The fourth-order valence-corrected chi connectivity index (χ4v) is 5.51. The number of carbonyl (C=O) groups is 1. The Labute approximate surface area is 204 Å². The second kappa shape index (κ2) is 8.55. The number of aromatic nitrogens is 1. The van der Waals surface area contributed by atoms with Crippen LogP contribution < -0.4 is 0 Å². The SMILES string of the molecule is CC(C)CCN1C(=O)c2ccccc2C1c1c(-c2ccc(Cl)cc2Cl)n(C)c2ccccc12. The fraction of sp³-hybridized carbons (Fsp3) is 0.250. The summed E-state index contributed by atoms with van der Waals surface area (Å²) in [5.74, 6) is 0.595. The Morgan fingerprint density at radius 3 is 2.42 bits per heavy atom. The monoisotopic (exact) mass is 476 g/mol. The zero-order valence-corrected chi connectivity index (χ0v) is 20.5. The van der Waals surface area contributed by atoms with Crippen LogP contribution in [0.15, 0.2) is 66.7 Å². The van der Waals surface area contributed by atoms with Gasteiger partial charge in [-0.05, 0) is 48.2 Å². The van der Waals surface area contributed by atoms with Crippen LogP contribution in [0.4, 0.5) is 0 Å². The third-order valence-electron chi connectivity index (χ3n) is 6.61. The number of hydrogen-bond acceptors (Lipinski definition) is 1. The quantitative estimate of drug-likeness (QED) is 0.289. The van der Waals surface area contributed by atoms with Crippen LogP contribution in [-0.2, 0) is 7.05 Å². The largest absolute Gasteiger partial charge is 0.343 e. The number of fused-ring (bicyclic) bond motifs is 2. The van der Waals surface area contributed by atoms with Gasteiger partial charge in [0.15, 0.2) is 0 Å². The molecule has 3 nitrogen and oxygen atoms in total. The highest BCUT2D eigenvalue weighted by Gasteiger charge is 2.40. The second-order valence-corrected chi connectivity index (χ2v) is 9.98. The Kier molecular flexibility index (Phi) is 5.72. The number of hydrogen-bond donors (Lipinski definition) is 0. The molecule has 0 spiro atoms. The highest BCUT2D eigenvalue weighted by atomic mass is 35.5. The molecule has 1 unspecified atom stereocenters. The minimum absolute atomic E-state index is 0.0948. The summed E-state index contributed by atoms with van der Waals surface area (Å²) in [4.78, 5) is 15.6. The Bertz CT molecular complexity index is 1370. The van der Waals surface area contributed by atoms with Gasteiger partial charge in [0, 0.05) is 46.2 Å². The van der Waals surface area contributed by atoms with Gasteiger partial charge in [-0.15, -0.1) is 0 Å². The lowest BCUT2D eigenvalue weighted by atomic mass is 9.93. The smallest absolute Gasteiger partial charge is 0.255 e. The van der Waals surface area contributed by atoms with E-state index in [1.165, 1.54) is 0 Å². The van der Waals surface area contributed by atoms with Crippen LogP contribution in [0.2, 0.25) is 10.0 Å². The number of aryl methyl sites for hydroxylation is 1. The van der Waals surface area contributed by atoms with Crippen LogP contribution >= 0.6 is 23.2 Å². The Hall–Kier alpha value is -2.75. The molecule has 168 valence electrons. The van der Waals surface area contributed by atoms with E-state index < -0.39 is 0 Å². The van der Waals surface area contributed by atoms with Crippen molar-refractivity contribution in [1.82, 2.24) is 9.47 Å². The molecule has 5 rings (SSSR count). The maximum absolute atomic E-state index is 13.6. The summed E-state index contributed by atoms with van der Waals surface area (Å²) in [6.07, 6.45) is 0.942. The van der Waals surface area contributed by atoms with Crippen molar-refractivity contribution in [3.63, 3.8) is 0 Å². The molecule has 33 heavy (non-hydrogen) atoms. The molecule has 0 fully saturated rings. The van der Waals surface area contributed by atoms with Crippen molar-refractivity contribution in [1.29, 1.82) is 0 Å². The van der Waals surface area contributed by atoms with E-state index >= 15 is 0 Å². The molecule has 0 aliphatic carbocycles. The van der Waals surface area contributed by atoms with Gasteiger partial charge in [-0.1, -0.05) is 73.4 Å². The topological polar surface area (TPSA) is 25.2 Å². The first-order valence-electron chi connectivity index (χ1n) is 11.3. The van der Waals surface area contributed by atoms with Gasteiger partial charge in [-0.3, -0.25) is 4.79 Å². The maximum Gasteiger partial charge on any atom is 0.255 e. The highest BCUT2D eigenvalue weighted by molar-refractivity contribution is 6.36. The van der Waals surface area contributed by atoms with E-state index in [1.807, 2.05) is 41.3 Å². The van der Waals surface area contributed by atoms with Gasteiger partial charge < -0.3 is 9.47 Å². The van der Waals surface area contributed by atoms with Gasteiger partial charge in [0.25, 0.3) is 5.91 Å². The molecular weight excluding hydrogens is 451 g/mol. The Morgan fingerprint density at radius 1 is 0.939 bits per heavy atom. The predicted octanol–water partition coefficient (Wildman–Crippen LogP) is 7.74. The molecule has 0 N–H and O–H groups in total. The normalized spacial score (nSPS) is 15.6. The van der Waals surface area contributed by atoms with Crippen LogP contribution in [-0.4, -0.2) is 21.9 Å². The van der Waals surface area contributed by atoms with Gasteiger partial charge in [-0.2, -0.15) is 0 Å². The van der Waals surface area contributed by atoms with E-state index in [0.717, 1.165) is 45.3 Å². The van der Waals surface area contributed by atoms with E-state index in [9.17, 15) is 4.79 Å². The number of benzene rings is 3. The summed E-state index contributed by atoms with van der Waals surface area (Å²) >= 11 is 13.0. The zero-order valence-electron chi connectivity index (χ0n) is 19.0. The summed E-state index contributed by atoms with van der Waals surface area (Å²) < 4.78 is 2.19. The molecule has 1 aliphatic heterocycles. The molecule has 1 aromatic heterocycles. The summed E-state index contributed by atoms with van der Waals surface area (Å²) in [6.45, 7) is 5.09. The van der Waals surface area contributed by atoms with E-state index in [4.69, 9.17) is 23.2 Å². The molecule has 1 amide bonds. The highest BCUT2D eigenvalue weighted by Crippen LogP contribution is 2.47. The number of para-hydroxylation sites is 1. The minimum atomic E-state index is -0.180. The lowest BCUT2D eigenvalue weighted by Gasteiger charge is -2.28. The number of rotatable bonds is 5. The van der Waals surface area contributed by atoms with E-state index in [0.29, 0.717) is 22.5 Å². The molecule has 1 atom stereocenters. The number of carbonyl (C=O) groups excluding carboxylic acids is 1. The van der Waals surface area contributed by atoms with Crippen molar-refractivity contribution < 1.29 is 4.79 Å². The number of halogens is 2. The van der Waals surface area contributed by atoms with Gasteiger partial charge in [-0.25, -0.2) is 0 Å². The van der Waals surface area contributed by atoms with Crippen LogP contribution in [0.5, 0.6) is 0 Å². The van der Waals surface area contributed by atoms with Crippen LogP contribution in [0.3, 0.4) is 0 Å². The van der Waals surface area contributed by atoms with Gasteiger partial charge >= 0.3 is 0 Å². The molecule has 0 saturated heterocycles. The van der Waals surface area contributed by atoms with E-state index in [2.05, 4.69) is 49.7 Å². The van der Waals surface area contributed by atoms with E-state index in [1.54, 1.807) is 6.07 Å². The first kappa shape index (κ1) is 22.1. The number of nitrogens with zero attached hydrogens (tertiary/aromatic N) is 2. The van der Waals surface area contributed by atoms with Gasteiger partial charge in [0.05, 0.1) is 16.8 Å². The van der Waals surface area contributed by atoms with Gasteiger partial charge in [0.1, 0.15) is 0 Å². The molecule has 5 heteroatoms. The van der Waals surface area contributed by atoms with Crippen molar-refractivity contribution in [2.45, 2.75) is 26.3 Å². The summed E-state index contributed by atoms with van der Waals surface area (Å²) in [7, 11) is 2.06. The van der Waals surface area contributed by atoms with E-state index in [-0.39, 0.29) is 11.9 Å². The Morgan fingerprint density at radius 2 is 1.67 bits per heavy atom. The zero-order chi connectivity index (χ0) is 23.3. The summed E-state index contributed by atoms with van der Waals surface area (Å²) in [5, 5.41) is 2.33. The number of amides is 1. The molecule has 4 aromatic rings. The first-order chi connectivity index (χ1) is 15.9. The molecule has 2 heterocycles. The first-order valence-corrected chi connectivity index (χ1v) is 12.1. The molecular formula is C28H26Cl2N2O. The summed E-state index contributed by atoms with van der Waals surface area (Å²) in [5.41, 5.74) is 5.98. The fourth-order valence-electron chi connectivity index (χ4n) is 5.02. The Balaban J connectivity index is 1.82. The standard InChI is InChI=1S/C28H26Cl2N2O/c1-17(2)14-15-32-27(19-8-4-5-9-20(19)28(32)33)25-22-10-6-7-11-24(22)31(3)26(25)21-13-12-18(29)16-23(21)30/h4-13,16-17,27H,14-15H2,1-3H3. The van der Waals surface area contributed by atoms with Crippen LogP contribution in [0.1, 0.15) is 47.8 Å². The predicted molar refractivity (Wildman–Crippen MR) is 137 cm³/mol. The van der Waals surface area contributed by atoms with Crippen molar-refractivity contribution in [3.05, 3.63) is 93.5 Å². The third kappa shape index (κ3) is 3.64.